The topological polar surface area (TPSA) is 91.5 Å². The van der Waals surface area contributed by atoms with Crippen molar-refractivity contribution >= 4 is 11.9 Å². The van der Waals surface area contributed by atoms with Gasteiger partial charge in [0.1, 0.15) is 0 Å². The predicted molar refractivity (Wildman–Crippen MR) is 67.9 cm³/mol. The third-order valence-electron chi connectivity index (χ3n) is 2.47. The van der Waals surface area contributed by atoms with Crippen LogP contribution in [0.15, 0.2) is 24.4 Å². The lowest BCUT2D eigenvalue weighted by Gasteiger charge is -2.20. The number of rotatable bonds is 6. The monoisotopic (exact) mass is 266 g/mol. The van der Waals surface area contributed by atoms with E-state index in [4.69, 9.17) is 15.2 Å². The molecule has 1 unspecified atom stereocenters. The van der Waals surface area contributed by atoms with Crippen LogP contribution in [0.1, 0.15) is 25.6 Å². The van der Waals surface area contributed by atoms with E-state index in [1.807, 2.05) is 0 Å². The highest BCUT2D eigenvalue weighted by Gasteiger charge is 2.37. The van der Waals surface area contributed by atoms with Crippen molar-refractivity contribution < 1.29 is 19.1 Å². The third kappa shape index (κ3) is 4.03. The molecule has 6 heteroatoms. The summed E-state index contributed by atoms with van der Waals surface area (Å²) in [5.41, 5.74) is 6.38. The van der Waals surface area contributed by atoms with Crippen molar-refractivity contribution in [2.45, 2.75) is 19.9 Å². The van der Waals surface area contributed by atoms with Gasteiger partial charge in [-0.2, -0.15) is 0 Å². The van der Waals surface area contributed by atoms with Crippen molar-refractivity contribution in [3.05, 3.63) is 30.1 Å². The number of esters is 2. The molecule has 6 nitrogen and oxygen atoms in total. The first-order chi connectivity index (χ1) is 9.11. The Labute approximate surface area is 111 Å². The number of nitrogens with zero attached hydrogens (tertiary/aromatic N) is 1. The Morgan fingerprint density at radius 3 is 2.21 bits per heavy atom. The molecule has 19 heavy (non-hydrogen) atoms. The summed E-state index contributed by atoms with van der Waals surface area (Å²) in [6.07, 6.45) is 1.54. The van der Waals surface area contributed by atoms with E-state index >= 15 is 0 Å². The number of ether oxygens (including phenoxy) is 2. The van der Waals surface area contributed by atoms with Gasteiger partial charge in [-0.3, -0.25) is 14.6 Å². The number of hydrogen-bond acceptors (Lipinski definition) is 6. The van der Waals surface area contributed by atoms with E-state index in [0.29, 0.717) is 5.69 Å². The molecule has 0 radical (unpaired) electrons. The molecule has 1 aromatic heterocycles. The van der Waals surface area contributed by atoms with E-state index in [2.05, 4.69) is 4.98 Å². The molecule has 0 bridgehead atoms. The number of carbonyl (C=O) groups is 2. The first-order valence-electron chi connectivity index (χ1n) is 6.11. The van der Waals surface area contributed by atoms with Gasteiger partial charge in [-0.25, -0.2) is 0 Å². The zero-order valence-corrected chi connectivity index (χ0v) is 11.0. The Morgan fingerprint density at radius 1 is 1.21 bits per heavy atom. The van der Waals surface area contributed by atoms with Crippen LogP contribution in [0.4, 0.5) is 0 Å². The van der Waals surface area contributed by atoms with E-state index in [9.17, 15) is 9.59 Å². The molecule has 0 fully saturated rings. The van der Waals surface area contributed by atoms with Gasteiger partial charge in [0.2, 0.25) is 0 Å². The molecule has 0 aliphatic heterocycles. The maximum atomic E-state index is 11.8. The fourth-order valence-corrected chi connectivity index (χ4v) is 1.60. The largest absolute Gasteiger partial charge is 0.465 e. The van der Waals surface area contributed by atoms with Crippen LogP contribution in [-0.4, -0.2) is 30.1 Å². The maximum Gasteiger partial charge on any atom is 0.322 e. The van der Waals surface area contributed by atoms with Crippen molar-refractivity contribution in [2.75, 3.05) is 13.2 Å². The van der Waals surface area contributed by atoms with Crippen LogP contribution in [0.25, 0.3) is 0 Å². The van der Waals surface area contributed by atoms with Gasteiger partial charge in [0, 0.05) is 6.20 Å². The van der Waals surface area contributed by atoms with Crippen molar-refractivity contribution in [3.8, 4) is 0 Å². The smallest absolute Gasteiger partial charge is 0.322 e. The van der Waals surface area contributed by atoms with Crippen LogP contribution in [0, 0.1) is 5.92 Å². The Hall–Kier alpha value is -1.95. The van der Waals surface area contributed by atoms with Crippen LogP contribution < -0.4 is 5.73 Å². The Bertz CT molecular complexity index is 404. The normalized spacial score (nSPS) is 12.0. The van der Waals surface area contributed by atoms with Crippen molar-refractivity contribution in [1.29, 1.82) is 0 Å². The van der Waals surface area contributed by atoms with Gasteiger partial charge in [0.05, 0.1) is 24.9 Å². The zero-order valence-electron chi connectivity index (χ0n) is 11.0. The molecule has 0 aliphatic rings. The van der Waals surface area contributed by atoms with Crippen molar-refractivity contribution in [3.63, 3.8) is 0 Å². The molecule has 2 N–H and O–H groups in total. The summed E-state index contributed by atoms with van der Waals surface area (Å²) in [4.78, 5) is 27.7. The number of hydrogen-bond donors (Lipinski definition) is 1. The molecule has 0 saturated carbocycles. The maximum absolute atomic E-state index is 11.8. The molecular formula is C13H18N2O4. The second kappa shape index (κ2) is 7.48. The molecule has 0 spiro atoms. The molecule has 1 rings (SSSR count). The molecule has 1 heterocycles. The first-order valence-corrected chi connectivity index (χ1v) is 6.11. The van der Waals surface area contributed by atoms with Gasteiger partial charge >= 0.3 is 11.9 Å². The summed E-state index contributed by atoms with van der Waals surface area (Å²) in [6.45, 7) is 3.66. The lowest BCUT2D eigenvalue weighted by atomic mass is 9.97. The van der Waals surface area contributed by atoms with E-state index in [0.717, 1.165) is 0 Å². The summed E-state index contributed by atoms with van der Waals surface area (Å²) in [5.74, 6) is -2.59. The van der Waals surface area contributed by atoms with Crippen LogP contribution in [0.3, 0.4) is 0 Å². The second-order valence-corrected chi connectivity index (χ2v) is 3.76. The van der Waals surface area contributed by atoms with E-state index in [-0.39, 0.29) is 13.2 Å². The SMILES string of the molecule is CCOC(=O)C(C(=O)OCC)C(N)c1ccccn1. The fraction of sp³-hybridized carbons (Fsp3) is 0.462. The molecule has 0 saturated heterocycles. The summed E-state index contributed by atoms with van der Waals surface area (Å²) >= 11 is 0. The summed E-state index contributed by atoms with van der Waals surface area (Å²) in [7, 11) is 0. The molecule has 104 valence electrons. The Kier molecular flexibility index (Phi) is 5.95. The lowest BCUT2D eigenvalue weighted by Crippen LogP contribution is -2.37. The van der Waals surface area contributed by atoms with Gasteiger partial charge in [0.25, 0.3) is 0 Å². The quantitative estimate of drug-likeness (QED) is 0.605. The molecule has 0 amide bonds. The van der Waals surface area contributed by atoms with Gasteiger partial charge in [-0.05, 0) is 26.0 Å². The minimum atomic E-state index is -1.20. The Balaban J connectivity index is 2.95. The fourth-order valence-electron chi connectivity index (χ4n) is 1.60. The minimum absolute atomic E-state index is 0.170. The van der Waals surface area contributed by atoms with Crippen LogP contribution >= 0.6 is 0 Å². The second-order valence-electron chi connectivity index (χ2n) is 3.76. The number of nitrogens with two attached hydrogens (primary N) is 1. The van der Waals surface area contributed by atoms with Gasteiger partial charge in [-0.1, -0.05) is 6.07 Å². The highest BCUT2D eigenvalue weighted by molar-refractivity contribution is 5.95. The van der Waals surface area contributed by atoms with Crippen molar-refractivity contribution in [2.24, 2.45) is 11.7 Å². The van der Waals surface area contributed by atoms with Gasteiger partial charge in [-0.15, -0.1) is 0 Å². The highest BCUT2D eigenvalue weighted by Crippen LogP contribution is 2.20. The third-order valence-corrected chi connectivity index (χ3v) is 2.47. The average Bonchev–Trinajstić information content (AvgIpc) is 2.40. The predicted octanol–water partition coefficient (Wildman–Crippen LogP) is 0.824. The zero-order chi connectivity index (χ0) is 14.3. The number of carbonyl (C=O) groups excluding carboxylic acids is 2. The minimum Gasteiger partial charge on any atom is -0.465 e. The van der Waals surface area contributed by atoms with Gasteiger partial charge in [0.15, 0.2) is 5.92 Å². The molecule has 0 aromatic carbocycles. The van der Waals surface area contributed by atoms with Crippen LogP contribution in [0.5, 0.6) is 0 Å². The van der Waals surface area contributed by atoms with Gasteiger partial charge < -0.3 is 15.2 Å². The molecule has 1 atom stereocenters. The summed E-state index contributed by atoms with van der Waals surface area (Å²) in [6, 6.07) is 4.21. The molecule has 1 aromatic rings. The van der Waals surface area contributed by atoms with E-state index in [1.165, 1.54) is 0 Å². The molecule has 0 aliphatic carbocycles. The standard InChI is InChI=1S/C13H18N2O4/c1-3-18-12(16)10(13(17)19-4-2)11(14)9-7-5-6-8-15-9/h5-8,10-11H,3-4,14H2,1-2H3. The van der Waals surface area contributed by atoms with Crippen LogP contribution in [0.2, 0.25) is 0 Å². The summed E-state index contributed by atoms with van der Waals surface area (Å²) in [5, 5.41) is 0. The van der Waals surface area contributed by atoms with E-state index in [1.54, 1.807) is 38.2 Å². The molecular weight excluding hydrogens is 248 g/mol. The number of aromatic nitrogens is 1. The first kappa shape index (κ1) is 15.1. The Morgan fingerprint density at radius 2 is 1.79 bits per heavy atom. The highest BCUT2D eigenvalue weighted by atomic mass is 16.6. The van der Waals surface area contributed by atoms with E-state index < -0.39 is 23.9 Å². The van der Waals surface area contributed by atoms with Crippen molar-refractivity contribution in [1.82, 2.24) is 4.98 Å². The summed E-state index contributed by atoms with van der Waals surface area (Å²) < 4.78 is 9.73. The number of pyridine rings is 1. The average molecular weight is 266 g/mol. The lowest BCUT2D eigenvalue weighted by molar-refractivity contribution is -0.162. The van der Waals surface area contributed by atoms with Crippen LogP contribution in [-0.2, 0) is 19.1 Å².